The van der Waals surface area contributed by atoms with Gasteiger partial charge in [-0.3, -0.25) is 4.79 Å². The monoisotopic (exact) mass is 316 g/mol. The van der Waals surface area contributed by atoms with E-state index < -0.39 is 23.2 Å². The van der Waals surface area contributed by atoms with Crippen LogP contribution in [0.25, 0.3) is 22.3 Å². The van der Waals surface area contributed by atoms with Crippen LogP contribution in [0.2, 0.25) is 0 Å². The topological polar surface area (TPSA) is 72.1 Å². The van der Waals surface area contributed by atoms with E-state index in [1.807, 2.05) is 0 Å². The van der Waals surface area contributed by atoms with Crippen molar-refractivity contribution in [2.24, 2.45) is 0 Å². The van der Waals surface area contributed by atoms with E-state index in [9.17, 15) is 18.4 Å². The molecule has 2 aromatic carbocycles. The maximum Gasteiger partial charge on any atom is 0.337 e. The highest BCUT2D eigenvalue weighted by Gasteiger charge is 2.11. The molecule has 0 fully saturated rings. The van der Waals surface area contributed by atoms with Crippen LogP contribution in [-0.4, -0.2) is 23.0 Å². The number of ether oxygens (including phenoxy) is 1. The highest BCUT2D eigenvalue weighted by molar-refractivity contribution is 5.94. The summed E-state index contributed by atoms with van der Waals surface area (Å²) in [6, 6.07) is 7.08. The molecule has 3 aromatic rings. The van der Waals surface area contributed by atoms with Gasteiger partial charge in [-0.25, -0.2) is 18.6 Å². The summed E-state index contributed by atoms with van der Waals surface area (Å²) in [4.78, 5) is 30.3. The van der Waals surface area contributed by atoms with Crippen molar-refractivity contribution in [1.82, 2.24) is 9.97 Å². The molecule has 0 aliphatic heterocycles. The lowest BCUT2D eigenvalue weighted by atomic mass is 10.1. The zero-order valence-corrected chi connectivity index (χ0v) is 11.9. The maximum atomic E-state index is 13.3. The van der Waals surface area contributed by atoms with E-state index in [1.165, 1.54) is 25.3 Å². The number of hydrogen-bond acceptors (Lipinski definition) is 4. The summed E-state index contributed by atoms with van der Waals surface area (Å²) in [5.74, 6) is -2.15. The van der Waals surface area contributed by atoms with Gasteiger partial charge in [0.2, 0.25) is 0 Å². The molecule has 0 aliphatic carbocycles. The molecule has 0 radical (unpaired) electrons. The largest absolute Gasteiger partial charge is 0.465 e. The number of methoxy groups -OCH3 is 1. The third kappa shape index (κ3) is 2.80. The highest BCUT2D eigenvalue weighted by Crippen LogP contribution is 2.19. The summed E-state index contributed by atoms with van der Waals surface area (Å²) < 4.78 is 31.3. The number of benzene rings is 2. The quantitative estimate of drug-likeness (QED) is 0.738. The fourth-order valence-electron chi connectivity index (χ4n) is 2.21. The Kier molecular flexibility index (Phi) is 3.61. The van der Waals surface area contributed by atoms with Crippen LogP contribution < -0.4 is 5.56 Å². The summed E-state index contributed by atoms with van der Waals surface area (Å²) in [6.07, 6.45) is 0. The van der Waals surface area contributed by atoms with Gasteiger partial charge in [-0.05, 0) is 30.3 Å². The number of aromatic nitrogens is 2. The van der Waals surface area contributed by atoms with E-state index in [0.717, 1.165) is 18.2 Å². The SMILES string of the molecule is COC(=O)c1ccc2c(=O)[nH]c(-c3cc(F)cc(F)c3)nc2c1. The molecule has 1 aromatic heterocycles. The summed E-state index contributed by atoms with van der Waals surface area (Å²) in [5.41, 5.74) is 0.0434. The molecule has 0 bridgehead atoms. The molecular formula is C16H10F2N2O3. The molecule has 5 nitrogen and oxygen atoms in total. The minimum Gasteiger partial charge on any atom is -0.465 e. The van der Waals surface area contributed by atoms with Crippen molar-refractivity contribution in [2.45, 2.75) is 0 Å². The van der Waals surface area contributed by atoms with Gasteiger partial charge in [-0.1, -0.05) is 0 Å². The van der Waals surface area contributed by atoms with Crippen LogP contribution in [0.15, 0.2) is 41.2 Å². The summed E-state index contributed by atoms with van der Waals surface area (Å²) in [6.45, 7) is 0. The van der Waals surface area contributed by atoms with Crippen molar-refractivity contribution >= 4 is 16.9 Å². The molecule has 0 saturated carbocycles. The molecule has 0 unspecified atom stereocenters. The predicted molar refractivity (Wildman–Crippen MR) is 79.1 cm³/mol. The van der Waals surface area contributed by atoms with Crippen molar-refractivity contribution in [3.05, 3.63) is 63.9 Å². The second kappa shape index (κ2) is 5.60. The fourth-order valence-corrected chi connectivity index (χ4v) is 2.21. The number of nitrogens with zero attached hydrogens (tertiary/aromatic N) is 1. The van der Waals surface area contributed by atoms with E-state index >= 15 is 0 Å². The number of aromatic amines is 1. The van der Waals surface area contributed by atoms with Gasteiger partial charge >= 0.3 is 5.97 Å². The first-order chi connectivity index (χ1) is 11.0. The Bertz CT molecular complexity index is 962. The Morgan fingerprint density at radius 1 is 1.13 bits per heavy atom. The van der Waals surface area contributed by atoms with Gasteiger partial charge in [-0.15, -0.1) is 0 Å². The lowest BCUT2D eigenvalue weighted by Gasteiger charge is -2.05. The molecule has 1 heterocycles. The number of rotatable bonds is 2. The van der Waals surface area contributed by atoms with E-state index in [0.29, 0.717) is 0 Å². The van der Waals surface area contributed by atoms with Gasteiger partial charge in [0, 0.05) is 11.6 Å². The third-order valence-corrected chi connectivity index (χ3v) is 3.26. The number of esters is 1. The lowest BCUT2D eigenvalue weighted by Crippen LogP contribution is -2.11. The standard InChI is InChI=1S/C16H10F2N2O3/c1-23-16(22)8-2-3-12-13(6-8)19-14(20-15(12)21)9-4-10(17)7-11(18)5-9/h2-7H,1H3,(H,19,20,21). The molecule has 0 atom stereocenters. The number of carbonyl (C=O) groups excluding carboxylic acids is 1. The third-order valence-electron chi connectivity index (χ3n) is 3.26. The zero-order valence-electron chi connectivity index (χ0n) is 11.9. The molecule has 0 amide bonds. The Morgan fingerprint density at radius 3 is 2.48 bits per heavy atom. The molecule has 0 spiro atoms. The van der Waals surface area contributed by atoms with Gasteiger partial charge in [0.25, 0.3) is 5.56 Å². The van der Waals surface area contributed by atoms with Crippen LogP contribution in [-0.2, 0) is 4.74 Å². The van der Waals surface area contributed by atoms with Crippen LogP contribution in [0.4, 0.5) is 8.78 Å². The minimum atomic E-state index is -0.786. The van der Waals surface area contributed by atoms with Crippen LogP contribution in [0.1, 0.15) is 10.4 Å². The van der Waals surface area contributed by atoms with Gasteiger partial charge in [0.15, 0.2) is 0 Å². The van der Waals surface area contributed by atoms with Gasteiger partial charge in [0.1, 0.15) is 17.5 Å². The van der Waals surface area contributed by atoms with Crippen molar-refractivity contribution in [1.29, 1.82) is 0 Å². The number of nitrogens with one attached hydrogen (secondary N) is 1. The summed E-state index contributed by atoms with van der Waals surface area (Å²) in [7, 11) is 1.23. The van der Waals surface area contributed by atoms with Gasteiger partial charge in [0.05, 0.1) is 23.6 Å². The van der Waals surface area contributed by atoms with Gasteiger partial charge < -0.3 is 9.72 Å². The van der Waals surface area contributed by atoms with Crippen LogP contribution >= 0.6 is 0 Å². The molecule has 0 aliphatic rings. The molecule has 7 heteroatoms. The lowest BCUT2D eigenvalue weighted by molar-refractivity contribution is 0.0601. The second-order valence-corrected chi connectivity index (χ2v) is 4.80. The zero-order chi connectivity index (χ0) is 16.6. The van der Waals surface area contributed by atoms with E-state index in [4.69, 9.17) is 0 Å². The van der Waals surface area contributed by atoms with Crippen molar-refractivity contribution in [2.75, 3.05) is 7.11 Å². The first-order valence-electron chi connectivity index (χ1n) is 6.57. The molecule has 1 N–H and O–H groups in total. The first-order valence-corrected chi connectivity index (χ1v) is 6.57. The second-order valence-electron chi connectivity index (χ2n) is 4.80. The van der Waals surface area contributed by atoms with Crippen molar-refractivity contribution in [3.63, 3.8) is 0 Å². The highest BCUT2D eigenvalue weighted by atomic mass is 19.1. The average Bonchev–Trinajstić information content (AvgIpc) is 2.52. The fraction of sp³-hybridized carbons (Fsp3) is 0.0625. The van der Waals surface area contributed by atoms with E-state index in [-0.39, 0.29) is 27.9 Å². The summed E-state index contributed by atoms with van der Waals surface area (Å²) in [5, 5.41) is 0.248. The Morgan fingerprint density at radius 2 is 1.83 bits per heavy atom. The number of fused-ring (bicyclic) bond motifs is 1. The normalized spacial score (nSPS) is 10.7. The molecule has 23 heavy (non-hydrogen) atoms. The number of hydrogen-bond donors (Lipinski definition) is 1. The number of halogens is 2. The minimum absolute atomic E-state index is 0.00270. The van der Waals surface area contributed by atoms with E-state index in [1.54, 1.807) is 0 Å². The summed E-state index contributed by atoms with van der Waals surface area (Å²) >= 11 is 0. The van der Waals surface area contributed by atoms with E-state index in [2.05, 4.69) is 14.7 Å². The molecule has 0 saturated heterocycles. The predicted octanol–water partition coefficient (Wildman–Crippen LogP) is 2.65. The van der Waals surface area contributed by atoms with Crippen LogP contribution in [0.5, 0.6) is 0 Å². The smallest absolute Gasteiger partial charge is 0.337 e. The van der Waals surface area contributed by atoms with Crippen molar-refractivity contribution < 1.29 is 18.3 Å². The van der Waals surface area contributed by atoms with Crippen LogP contribution in [0.3, 0.4) is 0 Å². The Hall–Kier alpha value is -3.09. The maximum absolute atomic E-state index is 13.3. The van der Waals surface area contributed by atoms with Crippen molar-refractivity contribution in [3.8, 4) is 11.4 Å². The average molecular weight is 316 g/mol. The number of H-pyrrole nitrogens is 1. The Labute approximate surface area is 128 Å². The number of carbonyl (C=O) groups is 1. The molecular weight excluding hydrogens is 306 g/mol. The Balaban J connectivity index is 2.22. The van der Waals surface area contributed by atoms with Gasteiger partial charge in [-0.2, -0.15) is 0 Å². The first kappa shape index (κ1) is 14.8. The van der Waals surface area contributed by atoms with Crippen LogP contribution in [0, 0.1) is 11.6 Å². The molecule has 3 rings (SSSR count). The molecule has 116 valence electrons.